The van der Waals surface area contributed by atoms with Crippen molar-refractivity contribution in [2.45, 2.75) is 0 Å². The van der Waals surface area contributed by atoms with Crippen molar-refractivity contribution < 1.29 is 5.11 Å². The van der Waals surface area contributed by atoms with Gasteiger partial charge in [-0.2, -0.15) is 5.10 Å². The molecule has 1 N–H and O–H groups in total. The summed E-state index contributed by atoms with van der Waals surface area (Å²) in [5.74, 6) is 0.205. The van der Waals surface area contributed by atoms with Crippen molar-refractivity contribution in [3.8, 4) is 45.2 Å². The van der Waals surface area contributed by atoms with E-state index in [9.17, 15) is 5.11 Å². The van der Waals surface area contributed by atoms with Crippen LogP contribution in [0.3, 0.4) is 0 Å². The summed E-state index contributed by atoms with van der Waals surface area (Å²) in [6.07, 6.45) is 0. The van der Waals surface area contributed by atoms with Crippen molar-refractivity contribution in [1.82, 2.24) is 14.8 Å². The topological polar surface area (TPSA) is 50.9 Å². The number of hydrogen-bond acceptors (Lipinski definition) is 3. The zero-order chi connectivity index (χ0) is 22.9. The number of para-hydroxylation sites is 3. The van der Waals surface area contributed by atoms with E-state index in [2.05, 4.69) is 24.3 Å². The third kappa shape index (κ3) is 3.51. The van der Waals surface area contributed by atoms with Gasteiger partial charge < -0.3 is 5.11 Å². The van der Waals surface area contributed by atoms with Gasteiger partial charge in [-0.1, -0.05) is 78.9 Å². The lowest BCUT2D eigenvalue weighted by atomic mass is 10.0. The van der Waals surface area contributed by atoms with Gasteiger partial charge >= 0.3 is 0 Å². The first kappa shape index (κ1) is 19.9. The van der Waals surface area contributed by atoms with Crippen molar-refractivity contribution in [2.24, 2.45) is 0 Å². The molecule has 0 spiro atoms. The molecule has 0 atom stereocenters. The van der Waals surface area contributed by atoms with E-state index in [0.29, 0.717) is 11.3 Å². The fourth-order valence-electron chi connectivity index (χ4n) is 4.30. The van der Waals surface area contributed by atoms with E-state index in [-0.39, 0.29) is 5.75 Å². The summed E-state index contributed by atoms with van der Waals surface area (Å²) in [6.45, 7) is 0. The van der Waals surface area contributed by atoms with Crippen LogP contribution in [-0.4, -0.2) is 19.9 Å². The minimum atomic E-state index is 0.205. The molecule has 2 heterocycles. The Hall–Kier alpha value is -4.70. The Morgan fingerprint density at radius 1 is 0.588 bits per heavy atom. The summed E-state index contributed by atoms with van der Waals surface area (Å²) < 4.78 is 1.94. The SMILES string of the molecule is Oc1ccccc1-c1cc(-c2cc(-c3ccccc3)nc3ccccc23)n(-c2ccccc2)n1. The molecule has 0 unspecified atom stereocenters. The molecular formula is C30H21N3O. The highest BCUT2D eigenvalue weighted by atomic mass is 16.3. The minimum absolute atomic E-state index is 0.205. The average Bonchev–Trinajstić information content (AvgIpc) is 3.34. The summed E-state index contributed by atoms with van der Waals surface area (Å²) in [6, 6.07) is 39.9. The van der Waals surface area contributed by atoms with Gasteiger partial charge in [-0.05, 0) is 42.5 Å². The molecule has 0 bridgehead atoms. The lowest BCUT2D eigenvalue weighted by Gasteiger charge is -2.12. The molecule has 4 nitrogen and oxygen atoms in total. The Balaban J connectivity index is 1.66. The van der Waals surface area contributed by atoms with Crippen LogP contribution in [0.4, 0.5) is 0 Å². The van der Waals surface area contributed by atoms with Crippen LogP contribution in [0.5, 0.6) is 5.75 Å². The van der Waals surface area contributed by atoms with Crippen LogP contribution in [0, 0.1) is 0 Å². The van der Waals surface area contributed by atoms with E-state index in [1.807, 2.05) is 95.7 Å². The van der Waals surface area contributed by atoms with Crippen molar-refractivity contribution in [2.75, 3.05) is 0 Å². The average molecular weight is 440 g/mol. The molecule has 34 heavy (non-hydrogen) atoms. The third-order valence-electron chi connectivity index (χ3n) is 5.95. The highest BCUT2D eigenvalue weighted by Crippen LogP contribution is 2.37. The molecule has 0 fully saturated rings. The van der Waals surface area contributed by atoms with Gasteiger partial charge in [0, 0.05) is 22.1 Å². The molecule has 0 amide bonds. The van der Waals surface area contributed by atoms with E-state index in [1.54, 1.807) is 6.07 Å². The molecule has 0 aliphatic carbocycles. The minimum Gasteiger partial charge on any atom is -0.507 e. The lowest BCUT2D eigenvalue weighted by Crippen LogP contribution is -2.00. The molecule has 4 heteroatoms. The van der Waals surface area contributed by atoms with E-state index < -0.39 is 0 Å². The summed E-state index contributed by atoms with van der Waals surface area (Å²) in [5.41, 5.74) is 7.19. The van der Waals surface area contributed by atoms with Gasteiger partial charge in [0.25, 0.3) is 0 Å². The first-order valence-corrected chi connectivity index (χ1v) is 11.2. The quantitative estimate of drug-likeness (QED) is 0.318. The summed E-state index contributed by atoms with van der Waals surface area (Å²) in [4.78, 5) is 4.94. The second-order valence-electron chi connectivity index (χ2n) is 8.12. The maximum atomic E-state index is 10.5. The fourth-order valence-corrected chi connectivity index (χ4v) is 4.30. The number of phenolic OH excluding ortho intramolecular Hbond substituents is 1. The maximum Gasteiger partial charge on any atom is 0.125 e. The summed E-state index contributed by atoms with van der Waals surface area (Å²) in [5, 5.41) is 16.5. The summed E-state index contributed by atoms with van der Waals surface area (Å²) >= 11 is 0. The van der Waals surface area contributed by atoms with Crippen LogP contribution in [0.2, 0.25) is 0 Å². The number of rotatable bonds is 4. The smallest absolute Gasteiger partial charge is 0.125 e. The Bertz CT molecular complexity index is 1610. The molecule has 0 radical (unpaired) electrons. The number of phenols is 1. The number of nitrogens with zero attached hydrogens (tertiary/aromatic N) is 3. The van der Waals surface area contributed by atoms with Gasteiger partial charge in [-0.25, -0.2) is 9.67 Å². The first-order valence-electron chi connectivity index (χ1n) is 11.2. The molecule has 0 aliphatic rings. The number of pyridine rings is 1. The standard InChI is InChI=1S/C30H21N3O/c34-30-18-10-8-16-24(30)28-20-29(33(32-28)22-13-5-2-6-14-22)25-19-27(21-11-3-1-4-12-21)31-26-17-9-7-15-23(25)26/h1-20,34H. The molecule has 0 saturated carbocycles. The maximum absolute atomic E-state index is 10.5. The summed E-state index contributed by atoms with van der Waals surface area (Å²) in [7, 11) is 0. The van der Waals surface area contributed by atoms with Crippen LogP contribution >= 0.6 is 0 Å². The van der Waals surface area contributed by atoms with Crippen LogP contribution < -0.4 is 0 Å². The molecule has 6 rings (SSSR count). The largest absolute Gasteiger partial charge is 0.507 e. The Morgan fingerprint density at radius 2 is 1.26 bits per heavy atom. The predicted molar refractivity (Wildman–Crippen MR) is 137 cm³/mol. The van der Waals surface area contributed by atoms with Crippen LogP contribution in [0.1, 0.15) is 0 Å². The van der Waals surface area contributed by atoms with Crippen molar-refractivity contribution in [3.63, 3.8) is 0 Å². The molecule has 0 saturated heterocycles. The first-order chi connectivity index (χ1) is 16.8. The van der Waals surface area contributed by atoms with Gasteiger partial charge in [0.2, 0.25) is 0 Å². The highest BCUT2D eigenvalue weighted by Gasteiger charge is 2.18. The molecule has 162 valence electrons. The lowest BCUT2D eigenvalue weighted by molar-refractivity contribution is 0.477. The second-order valence-corrected chi connectivity index (χ2v) is 8.12. The molecule has 6 aromatic rings. The zero-order valence-corrected chi connectivity index (χ0v) is 18.3. The van der Waals surface area contributed by atoms with Crippen LogP contribution in [0.15, 0.2) is 121 Å². The van der Waals surface area contributed by atoms with Crippen LogP contribution in [0.25, 0.3) is 50.4 Å². The Labute approximate surface area is 197 Å². The Morgan fingerprint density at radius 3 is 2.06 bits per heavy atom. The van der Waals surface area contributed by atoms with Crippen LogP contribution in [-0.2, 0) is 0 Å². The van der Waals surface area contributed by atoms with Gasteiger partial charge in [-0.15, -0.1) is 0 Å². The van der Waals surface area contributed by atoms with E-state index in [4.69, 9.17) is 10.1 Å². The third-order valence-corrected chi connectivity index (χ3v) is 5.95. The van der Waals surface area contributed by atoms with Gasteiger partial charge in [0.1, 0.15) is 5.75 Å². The van der Waals surface area contributed by atoms with Gasteiger partial charge in [-0.3, -0.25) is 0 Å². The van der Waals surface area contributed by atoms with E-state index >= 15 is 0 Å². The van der Waals surface area contributed by atoms with Crippen molar-refractivity contribution >= 4 is 10.9 Å². The fraction of sp³-hybridized carbons (Fsp3) is 0. The number of hydrogen-bond donors (Lipinski definition) is 1. The predicted octanol–water partition coefficient (Wildman–Crippen LogP) is 7.13. The molecule has 4 aromatic carbocycles. The van der Waals surface area contributed by atoms with Crippen molar-refractivity contribution in [3.05, 3.63) is 121 Å². The van der Waals surface area contributed by atoms with E-state index in [1.165, 1.54) is 0 Å². The highest BCUT2D eigenvalue weighted by molar-refractivity contribution is 5.97. The number of aromatic hydroxyl groups is 1. The number of fused-ring (bicyclic) bond motifs is 1. The molecular weight excluding hydrogens is 418 g/mol. The Kier molecular flexibility index (Phi) is 4.89. The molecule has 2 aromatic heterocycles. The van der Waals surface area contributed by atoms with E-state index in [0.717, 1.165) is 39.1 Å². The monoisotopic (exact) mass is 439 g/mol. The number of benzene rings is 4. The zero-order valence-electron chi connectivity index (χ0n) is 18.3. The van der Waals surface area contributed by atoms with Crippen molar-refractivity contribution in [1.29, 1.82) is 0 Å². The second kappa shape index (κ2) is 8.34. The van der Waals surface area contributed by atoms with Gasteiger partial charge in [0.15, 0.2) is 0 Å². The molecule has 0 aliphatic heterocycles. The number of aromatic nitrogens is 3. The van der Waals surface area contributed by atoms with Gasteiger partial charge in [0.05, 0.1) is 28.3 Å². The normalized spacial score (nSPS) is 11.1.